The zero-order valence-electron chi connectivity index (χ0n) is 10.6. The van der Waals surface area contributed by atoms with E-state index in [2.05, 4.69) is 29.4 Å². The van der Waals surface area contributed by atoms with Crippen molar-refractivity contribution in [1.29, 1.82) is 0 Å². The van der Waals surface area contributed by atoms with Crippen molar-refractivity contribution < 1.29 is 4.79 Å². The molecule has 0 atom stereocenters. The lowest BCUT2D eigenvalue weighted by molar-refractivity contribution is -0.121. The second-order valence-corrected chi connectivity index (χ2v) is 5.08. The van der Waals surface area contributed by atoms with Crippen molar-refractivity contribution in [3.05, 3.63) is 11.8 Å². The molecule has 4 nitrogen and oxygen atoms in total. The number of hydrogen-bond donors (Lipinski definition) is 2. The molecule has 0 aliphatic heterocycles. The average molecular weight is 235 g/mol. The van der Waals surface area contributed by atoms with E-state index >= 15 is 0 Å². The maximum absolute atomic E-state index is 12.0. The molecule has 1 aliphatic rings. The molecule has 2 rings (SSSR count). The molecule has 1 fully saturated rings. The van der Waals surface area contributed by atoms with E-state index in [4.69, 9.17) is 0 Å². The first-order chi connectivity index (χ1) is 8.19. The van der Waals surface area contributed by atoms with Gasteiger partial charge in [-0.2, -0.15) is 5.10 Å². The van der Waals surface area contributed by atoms with Crippen LogP contribution in [-0.2, 0) is 11.2 Å². The minimum absolute atomic E-state index is 0.131. The number of nitrogens with one attached hydrogen (secondary N) is 2. The van der Waals surface area contributed by atoms with Crippen LogP contribution in [0.15, 0.2) is 6.07 Å². The normalized spacial score (nSPS) is 24.6. The van der Waals surface area contributed by atoms with Gasteiger partial charge in [-0.05, 0) is 38.0 Å². The fourth-order valence-electron chi connectivity index (χ4n) is 2.36. The average Bonchev–Trinajstić information content (AvgIpc) is 2.77. The van der Waals surface area contributed by atoms with Crippen LogP contribution in [0.25, 0.3) is 0 Å². The minimum atomic E-state index is 0.131. The SMILES string of the molecule is CCc1cc(NC(=O)C2CCC(C)CC2)n[nH]1. The second-order valence-electron chi connectivity index (χ2n) is 5.08. The van der Waals surface area contributed by atoms with E-state index < -0.39 is 0 Å². The number of carbonyl (C=O) groups excluding carboxylic acids is 1. The van der Waals surface area contributed by atoms with Gasteiger partial charge in [-0.25, -0.2) is 0 Å². The summed E-state index contributed by atoms with van der Waals surface area (Å²) in [6, 6.07) is 1.91. The summed E-state index contributed by atoms with van der Waals surface area (Å²) in [6.45, 7) is 4.32. The quantitative estimate of drug-likeness (QED) is 0.846. The molecule has 1 aromatic rings. The van der Waals surface area contributed by atoms with Crippen LogP contribution in [0.1, 0.15) is 45.2 Å². The van der Waals surface area contributed by atoms with Gasteiger partial charge < -0.3 is 5.32 Å². The highest BCUT2D eigenvalue weighted by atomic mass is 16.1. The minimum Gasteiger partial charge on any atom is -0.309 e. The number of nitrogens with zero attached hydrogens (tertiary/aromatic N) is 1. The van der Waals surface area contributed by atoms with E-state index in [0.29, 0.717) is 5.82 Å². The zero-order valence-corrected chi connectivity index (χ0v) is 10.6. The number of amides is 1. The lowest BCUT2D eigenvalue weighted by Crippen LogP contribution is -2.26. The standard InChI is InChI=1S/C13H21N3O/c1-3-11-8-12(16-15-11)14-13(17)10-6-4-9(2)5-7-10/h8-10H,3-7H2,1-2H3,(H2,14,15,16,17). The van der Waals surface area contributed by atoms with E-state index in [1.807, 2.05) is 6.07 Å². The van der Waals surface area contributed by atoms with Crippen LogP contribution in [0, 0.1) is 11.8 Å². The van der Waals surface area contributed by atoms with Crippen molar-refractivity contribution >= 4 is 11.7 Å². The van der Waals surface area contributed by atoms with Crippen LogP contribution < -0.4 is 5.32 Å². The Morgan fingerprint density at radius 2 is 2.18 bits per heavy atom. The number of aromatic nitrogens is 2. The Labute approximate surface area is 102 Å². The molecule has 0 radical (unpaired) electrons. The number of H-pyrrole nitrogens is 1. The fourth-order valence-corrected chi connectivity index (χ4v) is 2.36. The van der Waals surface area contributed by atoms with Crippen LogP contribution in [0.3, 0.4) is 0 Å². The van der Waals surface area contributed by atoms with Gasteiger partial charge in [0.1, 0.15) is 0 Å². The molecule has 0 unspecified atom stereocenters. The van der Waals surface area contributed by atoms with E-state index in [1.165, 1.54) is 12.8 Å². The maximum atomic E-state index is 12.0. The van der Waals surface area contributed by atoms with E-state index in [0.717, 1.165) is 30.9 Å². The van der Waals surface area contributed by atoms with E-state index in [-0.39, 0.29) is 11.8 Å². The molecule has 1 saturated carbocycles. The third-order valence-electron chi connectivity index (χ3n) is 3.65. The first-order valence-corrected chi connectivity index (χ1v) is 6.54. The topological polar surface area (TPSA) is 57.8 Å². The third-order valence-corrected chi connectivity index (χ3v) is 3.65. The van der Waals surface area contributed by atoms with Crippen LogP contribution in [-0.4, -0.2) is 16.1 Å². The molecule has 94 valence electrons. The zero-order chi connectivity index (χ0) is 12.3. The molecule has 1 aromatic heterocycles. The number of carbonyl (C=O) groups is 1. The van der Waals surface area contributed by atoms with E-state index in [9.17, 15) is 4.79 Å². The number of aromatic amines is 1. The second kappa shape index (κ2) is 5.34. The number of rotatable bonds is 3. The van der Waals surface area contributed by atoms with Gasteiger partial charge in [0.2, 0.25) is 5.91 Å². The van der Waals surface area contributed by atoms with Crippen molar-refractivity contribution in [3.8, 4) is 0 Å². The highest BCUT2D eigenvalue weighted by Gasteiger charge is 2.24. The molecule has 0 bridgehead atoms. The molecule has 2 N–H and O–H groups in total. The Hall–Kier alpha value is -1.32. The van der Waals surface area contributed by atoms with Gasteiger partial charge in [0, 0.05) is 17.7 Å². The molecule has 4 heteroatoms. The summed E-state index contributed by atoms with van der Waals surface area (Å²) >= 11 is 0. The van der Waals surface area contributed by atoms with Gasteiger partial charge in [-0.1, -0.05) is 13.8 Å². The first-order valence-electron chi connectivity index (χ1n) is 6.54. The summed E-state index contributed by atoms with van der Waals surface area (Å²) in [4.78, 5) is 12.0. The summed E-state index contributed by atoms with van der Waals surface area (Å²) in [7, 11) is 0. The largest absolute Gasteiger partial charge is 0.309 e. The summed E-state index contributed by atoms with van der Waals surface area (Å²) in [5.74, 6) is 1.74. The smallest absolute Gasteiger partial charge is 0.228 e. The summed E-state index contributed by atoms with van der Waals surface area (Å²) in [6.07, 6.45) is 5.26. The summed E-state index contributed by atoms with van der Waals surface area (Å²) in [5, 5.41) is 9.89. The molecule has 1 heterocycles. The number of hydrogen-bond acceptors (Lipinski definition) is 2. The molecule has 1 amide bonds. The van der Waals surface area contributed by atoms with Crippen molar-refractivity contribution in [2.45, 2.75) is 46.0 Å². The van der Waals surface area contributed by atoms with Gasteiger partial charge in [0.25, 0.3) is 0 Å². The molecule has 0 spiro atoms. The van der Waals surface area contributed by atoms with Crippen molar-refractivity contribution in [2.75, 3.05) is 5.32 Å². The first kappa shape index (κ1) is 12.1. The van der Waals surface area contributed by atoms with Crippen LogP contribution >= 0.6 is 0 Å². The Balaban J connectivity index is 1.88. The Morgan fingerprint density at radius 3 is 2.76 bits per heavy atom. The molecular weight excluding hydrogens is 214 g/mol. The molecule has 17 heavy (non-hydrogen) atoms. The van der Waals surface area contributed by atoms with Gasteiger partial charge in [-0.3, -0.25) is 9.89 Å². The number of anilines is 1. The summed E-state index contributed by atoms with van der Waals surface area (Å²) in [5.41, 5.74) is 1.05. The lowest BCUT2D eigenvalue weighted by atomic mass is 9.82. The summed E-state index contributed by atoms with van der Waals surface area (Å²) < 4.78 is 0. The fraction of sp³-hybridized carbons (Fsp3) is 0.692. The molecule has 0 saturated heterocycles. The van der Waals surface area contributed by atoms with Crippen LogP contribution in [0.2, 0.25) is 0 Å². The molecular formula is C13H21N3O. The third kappa shape index (κ3) is 3.08. The van der Waals surface area contributed by atoms with E-state index in [1.54, 1.807) is 0 Å². The maximum Gasteiger partial charge on any atom is 0.228 e. The number of aryl methyl sites for hydroxylation is 1. The Kier molecular flexibility index (Phi) is 3.82. The predicted molar refractivity (Wildman–Crippen MR) is 67.7 cm³/mol. The van der Waals surface area contributed by atoms with Crippen molar-refractivity contribution in [3.63, 3.8) is 0 Å². The van der Waals surface area contributed by atoms with Crippen LogP contribution in [0.5, 0.6) is 0 Å². The molecule has 0 aromatic carbocycles. The van der Waals surface area contributed by atoms with Gasteiger partial charge in [-0.15, -0.1) is 0 Å². The predicted octanol–water partition coefficient (Wildman–Crippen LogP) is 2.74. The van der Waals surface area contributed by atoms with Gasteiger partial charge in [0.05, 0.1) is 0 Å². The monoisotopic (exact) mass is 235 g/mol. The van der Waals surface area contributed by atoms with Crippen LogP contribution in [0.4, 0.5) is 5.82 Å². The lowest BCUT2D eigenvalue weighted by Gasteiger charge is -2.24. The Bertz CT molecular complexity index is 378. The Morgan fingerprint density at radius 1 is 1.47 bits per heavy atom. The molecule has 1 aliphatic carbocycles. The highest BCUT2D eigenvalue weighted by molar-refractivity contribution is 5.91. The van der Waals surface area contributed by atoms with Crippen molar-refractivity contribution in [1.82, 2.24) is 10.2 Å². The van der Waals surface area contributed by atoms with Gasteiger partial charge >= 0.3 is 0 Å². The van der Waals surface area contributed by atoms with Crippen molar-refractivity contribution in [2.24, 2.45) is 11.8 Å². The highest BCUT2D eigenvalue weighted by Crippen LogP contribution is 2.28. The van der Waals surface area contributed by atoms with Gasteiger partial charge in [0.15, 0.2) is 5.82 Å².